The second-order valence-corrected chi connectivity index (χ2v) is 8.32. The molecule has 2 aromatic carbocycles. The Hall–Kier alpha value is -2.77. The summed E-state index contributed by atoms with van der Waals surface area (Å²) < 4.78 is 13.0. The van der Waals surface area contributed by atoms with Crippen LogP contribution in [0.25, 0.3) is 0 Å². The van der Waals surface area contributed by atoms with Gasteiger partial charge in [-0.25, -0.2) is 9.37 Å². The Labute approximate surface area is 175 Å². The minimum atomic E-state index is -0.404. The smallest absolute Gasteiger partial charge is 0.257 e. The van der Waals surface area contributed by atoms with Crippen molar-refractivity contribution in [2.45, 2.75) is 25.7 Å². The van der Waals surface area contributed by atoms with Gasteiger partial charge >= 0.3 is 0 Å². The third-order valence-electron chi connectivity index (χ3n) is 4.80. The first-order chi connectivity index (χ1) is 13.9. The lowest BCUT2D eigenvalue weighted by Crippen LogP contribution is -2.20. The van der Waals surface area contributed by atoms with Gasteiger partial charge in [0, 0.05) is 21.2 Å². The van der Waals surface area contributed by atoms with Crippen molar-refractivity contribution in [1.29, 1.82) is 0 Å². The molecule has 8 heteroatoms. The molecule has 0 radical (unpaired) electrons. The van der Waals surface area contributed by atoms with Crippen LogP contribution in [-0.4, -0.2) is 16.8 Å². The first-order valence-corrected chi connectivity index (χ1v) is 10.2. The van der Waals surface area contributed by atoms with Crippen LogP contribution in [0.4, 0.5) is 15.2 Å². The zero-order chi connectivity index (χ0) is 20.5. The highest BCUT2D eigenvalue weighted by atomic mass is 35.5. The summed E-state index contributed by atoms with van der Waals surface area (Å²) in [6.45, 7) is 1.90. The Bertz CT molecular complexity index is 1100. The second kappa shape index (κ2) is 7.93. The lowest BCUT2D eigenvalue weighted by Gasteiger charge is -2.11. The predicted molar refractivity (Wildman–Crippen MR) is 112 cm³/mol. The summed E-state index contributed by atoms with van der Waals surface area (Å²) in [6.07, 6.45) is 1.40. The molecule has 5 nitrogen and oxygen atoms in total. The van der Waals surface area contributed by atoms with E-state index < -0.39 is 5.82 Å². The molecular weight excluding hydrogens is 413 g/mol. The van der Waals surface area contributed by atoms with E-state index in [0.717, 1.165) is 16.9 Å². The monoisotopic (exact) mass is 429 g/mol. The SMILES string of the molecule is Cc1ccc(NC(=O)C2CCc3sc(NC(=O)c4ccc(F)cc4)nc32)cc1Cl. The number of hydrogen-bond acceptors (Lipinski definition) is 4. The van der Waals surface area contributed by atoms with Crippen LogP contribution in [0.5, 0.6) is 0 Å². The summed E-state index contributed by atoms with van der Waals surface area (Å²) in [7, 11) is 0. The summed E-state index contributed by atoms with van der Waals surface area (Å²) in [6, 6.07) is 10.7. The van der Waals surface area contributed by atoms with Crippen LogP contribution in [0.3, 0.4) is 0 Å². The second-order valence-electron chi connectivity index (χ2n) is 6.83. The van der Waals surface area contributed by atoms with Gasteiger partial charge in [0.1, 0.15) is 5.82 Å². The van der Waals surface area contributed by atoms with Crippen LogP contribution < -0.4 is 10.6 Å². The zero-order valence-corrected chi connectivity index (χ0v) is 17.0. The quantitative estimate of drug-likeness (QED) is 0.601. The molecule has 1 unspecified atom stereocenters. The molecule has 2 N–H and O–H groups in total. The molecular formula is C21H17ClFN3O2S. The fourth-order valence-electron chi connectivity index (χ4n) is 3.21. The number of aryl methyl sites for hydroxylation is 2. The maximum Gasteiger partial charge on any atom is 0.257 e. The van der Waals surface area contributed by atoms with E-state index in [1.807, 2.05) is 19.1 Å². The van der Waals surface area contributed by atoms with Gasteiger partial charge in [0.15, 0.2) is 5.13 Å². The minimum absolute atomic E-state index is 0.148. The van der Waals surface area contributed by atoms with Gasteiger partial charge in [-0.3, -0.25) is 14.9 Å². The van der Waals surface area contributed by atoms with Gasteiger partial charge in [-0.05, 0) is 61.7 Å². The number of halogens is 2. The highest BCUT2D eigenvalue weighted by molar-refractivity contribution is 7.16. The predicted octanol–water partition coefficient (Wildman–Crippen LogP) is 5.16. The summed E-state index contributed by atoms with van der Waals surface area (Å²) in [5.41, 5.74) is 2.61. The first kappa shape index (κ1) is 19.5. The van der Waals surface area contributed by atoms with Crippen molar-refractivity contribution in [2.75, 3.05) is 10.6 Å². The molecule has 0 fully saturated rings. The summed E-state index contributed by atoms with van der Waals surface area (Å²) in [5, 5.41) is 6.64. The number of aromatic nitrogens is 1. The van der Waals surface area contributed by atoms with Crippen molar-refractivity contribution >= 4 is 45.6 Å². The third kappa shape index (κ3) is 4.16. The van der Waals surface area contributed by atoms with Crippen molar-refractivity contribution in [2.24, 2.45) is 0 Å². The molecule has 1 atom stereocenters. The maximum absolute atomic E-state index is 13.0. The van der Waals surface area contributed by atoms with E-state index in [2.05, 4.69) is 15.6 Å². The highest BCUT2D eigenvalue weighted by Gasteiger charge is 2.33. The molecule has 1 heterocycles. The number of benzene rings is 2. The fourth-order valence-corrected chi connectivity index (χ4v) is 4.42. The van der Waals surface area contributed by atoms with E-state index in [9.17, 15) is 14.0 Å². The molecule has 1 aliphatic rings. The number of carbonyl (C=O) groups is 2. The average Bonchev–Trinajstić information content (AvgIpc) is 3.25. The van der Waals surface area contributed by atoms with E-state index >= 15 is 0 Å². The van der Waals surface area contributed by atoms with Crippen molar-refractivity contribution in [3.63, 3.8) is 0 Å². The molecule has 3 aromatic rings. The Balaban J connectivity index is 1.46. The van der Waals surface area contributed by atoms with E-state index in [-0.39, 0.29) is 17.7 Å². The Morgan fingerprint density at radius 1 is 1.17 bits per heavy atom. The lowest BCUT2D eigenvalue weighted by molar-refractivity contribution is -0.117. The van der Waals surface area contributed by atoms with E-state index in [1.54, 1.807) is 6.07 Å². The molecule has 4 rings (SSSR count). The number of amides is 2. The number of fused-ring (bicyclic) bond motifs is 1. The van der Waals surface area contributed by atoms with Gasteiger partial charge in [0.05, 0.1) is 11.6 Å². The van der Waals surface area contributed by atoms with Crippen molar-refractivity contribution in [3.05, 3.63) is 75.0 Å². The number of hydrogen-bond donors (Lipinski definition) is 2. The van der Waals surface area contributed by atoms with Gasteiger partial charge in [-0.2, -0.15) is 0 Å². The van der Waals surface area contributed by atoms with Crippen LogP contribution in [0.15, 0.2) is 42.5 Å². The van der Waals surface area contributed by atoms with Gasteiger partial charge in [-0.1, -0.05) is 17.7 Å². The molecule has 2 amide bonds. The maximum atomic E-state index is 13.0. The van der Waals surface area contributed by atoms with Crippen molar-refractivity contribution in [1.82, 2.24) is 4.98 Å². The molecule has 0 saturated heterocycles. The number of carbonyl (C=O) groups excluding carboxylic acids is 2. The molecule has 0 bridgehead atoms. The Kier molecular flexibility index (Phi) is 5.34. The van der Waals surface area contributed by atoms with Crippen molar-refractivity contribution in [3.8, 4) is 0 Å². The minimum Gasteiger partial charge on any atom is -0.325 e. The normalized spacial score (nSPS) is 15.1. The Morgan fingerprint density at radius 2 is 1.93 bits per heavy atom. The summed E-state index contributed by atoms with van der Waals surface area (Å²) in [4.78, 5) is 30.5. The lowest BCUT2D eigenvalue weighted by atomic mass is 10.1. The molecule has 0 saturated carbocycles. The van der Waals surface area contributed by atoms with Gasteiger partial charge < -0.3 is 5.32 Å². The van der Waals surface area contributed by atoms with Crippen LogP contribution in [0.1, 0.15) is 38.8 Å². The number of thiazole rings is 1. The fraction of sp³-hybridized carbons (Fsp3) is 0.190. The van der Waals surface area contributed by atoms with Gasteiger partial charge in [-0.15, -0.1) is 11.3 Å². The summed E-state index contributed by atoms with van der Waals surface area (Å²) in [5.74, 6) is -1.30. The topological polar surface area (TPSA) is 71.1 Å². The molecule has 0 spiro atoms. The molecule has 29 heavy (non-hydrogen) atoms. The van der Waals surface area contributed by atoms with Crippen LogP contribution in [0, 0.1) is 12.7 Å². The van der Waals surface area contributed by atoms with E-state index in [0.29, 0.717) is 33.5 Å². The van der Waals surface area contributed by atoms with Crippen LogP contribution in [0.2, 0.25) is 5.02 Å². The molecule has 0 aliphatic heterocycles. The average molecular weight is 430 g/mol. The molecule has 148 valence electrons. The van der Waals surface area contributed by atoms with E-state index in [4.69, 9.17) is 11.6 Å². The molecule has 1 aromatic heterocycles. The Morgan fingerprint density at radius 3 is 2.66 bits per heavy atom. The largest absolute Gasteiger partial charge is 0.325 e. The van der Waals surface area contributed by atoms with Gasteiger partial charge in [0.2, 0.25) is 5.91 Å². The van der Waals surface area contributed by atoms with Crippen LogP contribution in [-0.2, 0) is 11.2 Å². The number of rotatable bonds is 4. The number of anilines is 2. The number of nitrogens with one attached hydrogen (secondary N) is 2. The van der Waals surface area contributed by atoms with E-state index in [1.165, 1.54) is 35.6 Å². The highest BCUT2D eigenvalue weighted by Crippen LogP contribution is 2.39. The van der Waals surface area contributed by atoms with Crippen LogP contribution >= 0.6 is 22.9 Å². The molecule has 1 aliphatic carbocycles. The van der Waals surface area contributed by atoms with Crippen molar-refractivity contribution < 1.29 is 14.0 Å². The van der Waals surface area contributed by atoms with Gasteiger partial charge in [0.25, 0.3) is 5.91 Å². The zero-order valence-electron chi connectivity index (χ0n) is 15.5. The third-order valence-corrected chi connectivity index (χ3v) is 6.25. The summed E-state index contributed by atoms with van der Waals surface area (Å²) >= 11 is 7.49. The first-order valence-electron chi connectivity index (χ1n) is 9.04. The number of nitrogens with zero attached hydrogens (tertiary/aromatic N) is 1. The standard InChI is InChI=1S/C21H17ClFN3O2S/c1-11-2-7-14(10-16(11)22)24-20(28)15-8-9-17-18(15)25-21(29-17)26-19(27)12-3-5-13(23)6-4-12/h2-7,10,15H,8-9H2,1H3,(H,24,28)(H,25,26,27).